The van der Waals surface area contributed by atoms with Gasteiger partial charge in [0.25, 0.3) is 0 Å². The summed E-state index contributed by atoms with van der Waals surface area (Å²) in [7, 11) is 0. The van der Waals surface area contributed by atoms with Crippen LogP contribution in [0.5, 0.6) is 0 Å². The van der Waals surface area contributed by atoms with Crippen molar-refractivity contribution in [3.8, 4) is 0 Å². The standard InChI is InChI=1S/C16H26N2O3/c1-7-8-13-10-18(9-11(13)2)14(19)12(3)17-15(20)21-16(4,5)6/h7-8,12H,9-10H2,1-6H3,(H,17,20)/b8-7-/t12-/m1/s1. The molecule has 0 aromatic carbocycles. The maximum Gasteiger partial charge on any atom is 0.408 e. The van der Waals surface area contributed by atoms with E-state index in [9.17, 15) is 9.59 Å². The van der Waals surface area contributed by atoms with Crippen LogP contribution in [0.15, 0.2) is 23.3 Å². The molecule has 0 saturated heterocycles. The fourth-order valence-electron chi connectivity index (χ4n) is 2.16. The summed E-state index contributed by atoms with van der Waals surface area (Å²) >= 11 is 0. The molecule has 0 bridgehead atoms. The first kappa shape index (κ1) is 17.3. The van der Waals surface area contributed by atoms with Gasteiger partial charge in [-0.1, -0.05) is 12.2 Å². The van der Waals surface area contributed by atoms with E-state index >= 15 is 0 Å². The van der Waals surface area contributed by atoms with Crippen molar-refractivity contribution in [2.75, 3.05) is 13.1 Å². The zero-order chi connectivity index (χ0) is 16.2. The number of amides is 2. The van der Waals surface area contributed by atoms with Gasteiger partial charge >= 0.3 is 6.09 Å². The van der Waals surface area contributed by atoms with Gasteiger partial charge in [0.1, 0.15) is 11.6 Å². The average molecular weight is 294 g/mol. The molecule has 0 spiro atoms. The second kappa shape index (κ2) is 6.78. The minimum Gasteiger partial charge on any atom is -0.444 e. The molecule has 0 unspecified atom stereocenters. The summed E-state index contributed by atoms with van der Waals surface area (Å²) in [4.78, 5) is 25.8. The van der Waals surface area contributed by atoms with Crippen molar-refractivity contribution in [2.24, 2.45) is 0 Å². The van der Waals surface area contributed by atoms with Crippen LogP contribution in [-0.4, -0.2) is 41.6 Å². The van der Waals surface area contributed by atoms with Crippen molar-refractivity contribution in [1.29, 1.82) is 0 Å². The fourth-order valence-corrected chi connectivity index (χ4v) is 2.16. The van der Waals surface area contributed by atoms with E-state index in [0.717, 1.165) is 5.57 Å². The Morgan fingerprint density at radius 1 is 1.33 bits per heavy atom. The number of alkyl carbamates (subject to hydrolysis) is 1. The second-order valence-electron chi connectivity index (χ2n) is 6.37. The number of carbonyl (C=O) groups is 2. The van der Waals surface area contributed by atoms with Gasteiger partial charge in [-0.15, -0.1) is 0 Å². The van der Waals surface area contributed by atoms with Gasteiger partial charge in [0.2, 0.25) is 5.91 Å². The first-order valence-electron chi connectivity index (χ1n) is 7.23. The van der Waals surface area contributed by atoms with Crippen LogP contribution < -0.4 is 5.32 Å². The number of carbonyl (C=O) groups excluding carboxylic acids is 2. The number of nitrogens with zero attached hydrogens (tertiary/aromatic N) is 1. The van der Waals surface area contributed by atoms with Crippen LogP contribution in [0.25, 0.3) is 0 Å². The van der Waals surface area contributed by atoms with Crippen molar-refractivity contribution in [1.82, 2.24) is 10.2 Å². The van der Waals surface area contributed by atoms with Gasteiger partial charge in [-0.25, -0.2) is 4.79 Å². The molecule has 0 aliphatic carbocycles. The molecule has 0 aromatic rings. The van der Waals surface area contributed by atoms with Gasteiger partial charge in [-0.05, 0) is 52.7 Å². The first-order valence-corrected chi connectivity index (χ1v) is 7.23. The predicted molar refractivity (Wildman–Crippen MR) is 82.9 cm³/mol. The Hall–Kier alpha value is -1.78. The maximum atomic E-state index is 12.3. The summed E-state index contributed by atoms with van der Waals surface area (Å²) in [5.41, 5.74) is 1.78. The minimum atomic E-state index is -0.599. The summed E-state index contributed by atoms with van der Waals surface area (Å²) in [6.07, 6.45) is 3.42. The van der Waals surface area contributed by atoms with Crippen molar-refractivity contribution in [2.45, 2.75) is 53.2 Å². The molecule has 5 nitrogen and oxygen atoms in total. The third-order valence-corrected chi connectivity index (χ3v) is 3.12. The molecule has 1 aliphatic heterocycles. The van der Waals surface area contributed by atoms with Crippen LogP contribution in [0.1, 0.15) is 41.5 Å². The molecule has 5 heteroatoms. The van der Waals surface area contributed by atoms with Gasteiger partial charge in [-0.3, -0.25) is 4.79 Å². The molecule has 1 rings (SSSR count). The molecule has 0 radical (unpaired) electrons. The Kier molecular flexibility index (Phi) is 5.58. The number of nitrogens with one attached hydrogen (secondary N) is 1. The summed E-state index contributed by atoms with van der Waals surface area (Å²) in [5, 5.41) is 2.59. The van der Waals surface area contributed by atoms with E-state index in [1.165, 1.54) is 5.57 Å². The number of allylic oxidation sites excluding steroid dienone is 1. The molecule has 21 heavy (non-hydrogen) atoms. The van der Waals surface area contributed by atoms with E-state index in [2.05, 4.69) is 5.32 Å². The zero-order valence-corrected chi connectivity index (χ0v) is 13.8. The summed E-state index contributed by atoms with van der Waals surface area (Å²) in [6.45, 7) is 12.2. The molecule has 0 saturated carbocycles. The van der Waals surface area contributed by atoms with Crippen LogP contribution in [0, 0.1) is 0 Å². The Morgan fingerprint density at radius 3 is 2.48 bits per heavy atom. The fraction of sp³-hybridized carbons (Fsp3) is 0.625. The molecule has 1 aliphatic rings. The van der Waals surface area contributed by atoms with Gasteiger partial charge in [0.15, 0.2) is 0 Å². The summed E-state index contributed by atoms with van der Waals surface area (Å²) in [6, 6.07) is -0.599. The highest BCUT2D eigenvalue weighted by atomic mass is 16.6. The number of ether oxygens (including phenoxy) is 1. The second-order valence-corrected chi connectivity index (χ2v) is 6.37. The SMILES string of the molecule is C/C=C\C1=C(C)CN(C(=O)[C@@H](C)NC(=O)OC(C)(C)C)C1. The van der Waals surface area contributed by atoms with Gasteiger partial charge < -0.3 is 15.0 Å². The number of rotatable bonds is 3. The van der Waals surface area contributed by atoms with Gasteiger partial charge in [0, 0.05) is 13.1 Å². The van der Waals surface area contributed by atoms with Gasteiger partial charge in [-0.2, -0.15) is 0 Å². The van der Waals surface area contributed by atoms with Crippen LogP contribution >= 0.6 is 0 Å². The number of hydrogen-bond donors (Lipinski definition) is 1. The van der Waals surface area contributed by atoms with Crippen LogP contribution in [0.2, 0.25) is 0 Å². The van der Waals surface area contributed by atoms with E-state index in [1.54, 1.807) is 32.6 Å². The van der Waals surface area contributed by atoms with Gasteiger partial charge in [0.05, 0.1) is 0 Å². The molecule has 2 amide bonds. The Balaban J connectivity index is 2.55. The Labute approximate surface area is 127 Å². The third kappa shape index (κ3) is 5.25. The first-order chi connectivity index (χ1) is 9.64. The minimum absolute atomic E-state index is 0.0975. The van der Waals surface area contributed by atoms with E-state index in [0.29, 0.717) is 13.1 Å². The molecule has 1 atom stereocenters. The molecular formula is C16H26N2O3. The molecule has 118 valence electrons. The molecular weight excluding hydrogens is 268 g/mol. The lowest BCUT2D eigenvalue weighted by molar-refractivity contribution is -0.131. The van der Waals surface area contributed by atoms with Crippen LogP contribution in [0.4, 0.5) is 4.79 Å². The lowest BCUT2D eigenvalue weighted by Gasteiger charge is -2.24. The van der Waals surface area contributed by atoms with E-state index < -0.39 is 17.7 Å². The molecule has 1 N–H and O–H groups in total. The summed E-state index contributed by atoms with van der Waals surface area (Å²) < 4.78 is 5.16. The third-order valence-electron chi connectivity index (χ3n) is 3.12. The number of hydrogen-bond acceptors (Lipinski definition) is 3. The Bertz CT molecular complexity index is 472. The van der Waals surface area contributed by atoms with Crippen molar-refractivity contribution < 1.29 is 14.3 Å². The molecule has 0 aromatic heterocycles. The molecule has 1 heterocycles. The smallest absolute Gasteiger partial charge is 0.408 e. The highest BCUT2D eigenvalue weighted by Gasteiger charge is 2.28. The lowest BCUT2D eigenvalue weighted by Crippen LogP contribution is -2.47. The lowest BCUT2D eigenvalue weighted by atomic mass is 10.2. The maximum absolute atomic E-state index is 12.3. The zero-order valence-electron chi connectivity index (χ0n) is 13.8. The quantitative estimate of drug-likeness (QED) is 0.870. The van der Waals surface area contributed by atoms with E-state index in [1.807, 2.05) is 26.0 Å². The normalized spacial score (nSPS) is 17.3. The van der Waals surface area contributed by atoms with Crippen molar-refractivity contribution in [3.63, 3.8) is 0 Å². The van der Waals surface area contributed by atoms with Crippen molar-refractivity contribution >= 4 is 12.0 Å². The van der Waals surface area contributed by atoms with Crippen LogP contribution in [0.3, 0.4) is 0 Å². The summed E-state index contributed by atoms with van der Waals surface area (Å²) in [5.74, 6) is -0.0975. The topological polar surface area (TPSA) is 58.6 Å². The Morgan fingerprint density at radius 2 is 1.95 bits per heavy atom. The monoisotopic (exact) mass is 294 g/mol. The van der Waals surface area contributed by atoms with E-state index in [-0.39, 0.29) is 5.91 Å². The molecule has 0 fully saturated rings. The van der Waals surface area contributed by atoms with E-state index in [4.69, 9.17) is 4.74 Å². The van der Waals surface area contributed by atoms with Crippen molar-refractivity contribution in [3.05, 3.63) is 23.3 Å². The highest BCUT2D eigenvalue weighted by Crippen LogP contribution is 2.19. The van der Waals surface area contributed by atoms with Crippen LogP contribution in [-0.2, 0) is 9.53 Å². The predicted octanol–water partition coefficient (Wildman–Crippen LogP) is 2.63. The average Bonchev–Trinajstić information content (AvgIpc) is 2.68. The largest absolute Gasteiger partial charge is 0.444 e. The highest BCUT2D eigenvalue weighted by molar-refractivity contribution is 5.86.